The predicted molar refractivity (Wildman–Crippen MR) is 35.9 cm³/mol. The Labute approximate surface area is 49.4 Å². The zero-order valence-corrected chi connectivity index (χ0v) is 8.26. The van der Waals surface area contributed by atoms with Crippen LogP contribution in [0.5, 0.6) is 0 Å². The topological polar surface area (TPSA) is 29.5 Å². The Balaban J connectivity index is 2.83. The highest BCUT2D eigenvalue weighted by atomic mass is 28.3. The third-order valence-electron chi connectivity index (χ3n) is 0.830. The molecule has 1 unspecified atom stereocenters. The molecule has 44 valence electrons. The highest BCUT2D eigenvalue weighted by Gasteiger charge is 1.96. The van der Waals surface area contributed by atoms with E-state index in [0.717, 1.165) is 16.9 Å². The molecular formula is C3H12O2Si2. The van der Waals surface area contributed by atoms with Gasteiger partial charge in [-0.15, -0.1) is 0 Å². The highest BCUT2D eigenvalue weighted by molar-refractivity contribution is 6.35. The summed E-state index contributed by atoms with van der Waals surface area (Å²) in [4.78, 5) is 0. The van der Waals surface area contributed by atoms with Gasteiger partial charge in [0.15, 0.2) is 9.76 Å². The lowest BCUT2D eigenvalue weighted by Crippen LogP contribution is -2.16. The number of hydrogen-bond donors (Lipinski definition) is 1. The van der Waals surface area contributed by atoms with Crippen LogP contribution in [0.3, 0.4) is 0 Å². The van der Waals surface area contributed by atoms with Crippen molar-refractivity contribution in [2.45, 2.75) is 19.1 Å². The quantitative estimate of drug-likeness (QED) is 0.459. The third kappa shape index (κ3) is 4.20. The molecule has 0 bridgehead atoms. The van der Waals surface area contributed by atoms with Crippen LogP contribution in [0.15, 0.2) is 0 Å². The molecule has 1 atom stereocenters. The summed E-state index contributed by atoms with van der Waals surface area (Å²) in [5, 5.41) is 8.82. The molecule has 2 nitrogen and oxygen atoms in total. The molecule has 0 amide bonds. The van der Waals surface area contributed by atoms with Crippen molar-refractivity contribution in [1.82, 2.24) is 0 Å². The molecule has 0 aliphatic rings. The van der Waals surface area contributed by atoms with Gasteiger partial charge in [0.05, 0.1) is 5.73 Å². The first kappa shape index (κ1) is 7.35. The van der Waals surface area contributed by atoms with Crippen molar-refractivity contribution in [2.75, 3.05) is 0 Å². The zero-order chi connectivity index (χ0) is 5.70. The smallest absolute Gasteiger partial charge is 0.175 e. The molecule has 0 fully saturated rings. The van der Waals surface area contributed by atoms with E-state index in [1.807, 2.05) is 6.92 Å². The highest BCUT2D eigenvalue weighted by Crippen LogP contribution is 1.84. The van der Waals surface area contributed by atoms with Crippen LogP contribution in [0.1, 0.15) is 13.3 Å². The maximum absolute atomic E-state index is 8.82. The molecular weight excluding hydrogens is 124 g/mol. The third-order valence-corrected chi connectivity index (χ3v) is 3.13. The Morgan fingerprint density at radius 3 is 2.71 bits per heavy atom. The van der Waals surface area contributed by atoms with Crippen LogP contribution in [0.4, 0.5) is 0 Å². The average Bonchev–Trinajstić information content (AvgIpc) is 1.68. The monoisotopic (exact) mass is 136 g/mol. The van der Waals surface area contributed by atoms with E-state index >= 15 is 0 Å². The van der Waals surface area contributed by atoms with Crippen molar-refractivity contribution in [3.05, 3.63) is 0 Å². The van der Waals surface area contributed by atoms with E-state index in [0.29, 0.717) is 0 Å². The lowest BCUT2D eigenvalue weighted by Gasteiger charge is -2.02. The Kier molecular flexibility index (Phi) is 4.74. The van der Waals surface area contributed by atoms with Gasteiger partial charge in [-0.2, -0.15) is 0 Å². The number of aliphatic hydroxyl groups is 1. The Bertz CT molecular complexity index is 41.9. The molecule has 0 aliphatic heterocycles. The molecule has 0 aromatic rings. The zero-order valence-electron chi connectivity index (χ0n) is 4.85. The SMILES string of the molecule is CCC(O)[SiH2]O[SiH3]. The van der Waals surface area contributed by atoms with Gasteiger partial charge in [0.25, 0.3) is 0 Å². The molecule has 0 rings (SSSR count). The summed E-state index contributed by atoms with van der Waals surface area (Å²) in [6.07, 6.45) is 0.856. The van der Waals surface area contributed by atoms with Gasteiger partial charge in [0, 0.05) is 0 Å². The van der Waals surface area contributed by atoms with E-state index in [2.05, 4.69) is 0 Å². The van der Waals surface area contributed by atoms with Crippen LogP contribution in [-0.4, -0.2) is 31.1 Å². The summed E-state index contributed by atoms with van der Waals surface area (Å²) in [7, 11) is 0.257. The van der Waals surface area contributed by atoms with Crippen LogP contribution in [-0.2, 0) is 4.12 Å². The second kappa shape index (κ2) is 4.51. The van der Waals surface area contributed by atoms with Crippen LogP contribution < -0.4 is 0 Å². The van der Waals surface area contributed by atoms with Gasteiger partial charge in [-0.1, -0.05) is 6.92 Å². The number of aliphatic hydroxyl groups excluding tert-OH is 1. The molecule has 0 heterocycles. The molecule has 0 aromatic carbocycles. The second-order valence-corrected chi connectivity index (χ2v) is 5.10. The van der Waals surface area contributed by atoms with Crippen LogP contribution >= 0.6 is 0 Å². The van der Waals surface area contributed by atoms with Crippen LogP contribution in [0.25, 0.3) is 0 Å². The summed E-state index contributed by atoms with van der Waals surface area (Å²) in [5.74, 6) is 0. The summed E-state index contributed by atoms with van der Waals surface area (Å²) < 4.78 is 4.92. The molecule has 4 heteroatoms. The maximum Gasteiger partial charge on any atom is 0.175 e. The van der Waals surface area contributed by atoms with Gasteiger partial charge < -0.3 is 9.22 Å². The van der Waals surface area contributed by atoms with Gasteiger partial charge in [0.2, 0.25) is 0 Å². The molecule has 0 spiro atoms. The fourth-order valence-corrected chi connectivity index (χ4v) is 2.09. The van der Waals surface area contributed by atoms with E-state index < -0.39 is 9.76 Å². The van der Waals surface area contributed by atoms with Gasteiger partial charge in [0.1, 0.15) is 10.5 Å². The minimum Gasteiger partial charge on any atom is -0.466 e. The largest absolute Gasteiger partial charge is 0.466 e. The molecule has 0 aromatic heterocycles. The first-order chi connectivity index (χ1) is 3.31. The predicted octanol–water partition coefficient (Wildman–Crippen LogP) is -1.90. The molecule has 7 heavy (non-hydrogen) atoms. The Morgan fingerprint density at radius 1 is 2.00 bits per heavy atom. The van der Waals surface area contributed by atoms with E-state index in [4.69, 9.17) is 9.22 Å². The lowest BCUT2D eigenvalue weighted by atomic mass is 10.5. The standard InChI is InChI=1S/C3H12O2Si2/c1-2-3(4)7-5-6/h3-4H,2,7H2,1,6H3. The first-order valence-corrected chi connectivity index (χ1v) is 4.69. The van der Waals surface area contributed by atoms with E-state index in [9.17, 15) is 0 Å². The van der Waals surface area contributed by atoms with Crippen molar-refractivity contribution < 1.29 is 9.22 Å². The van der Waals surface area contributed by atoms with Crippen LogP contribution in [0.2, 0.25) is 0 Å². The minimum atomic E-state index is -0.537. The van der Waals surface area contributed by atoms with E-state index in [1.54, 1.807) is 0 Å². The summed E-state index contributed by atoms with van der Waals surface area (Å²) in [6, 6.07) is 0. The minimum absolute atomic E-state index is 0.0995. The Hall–Kier alpha value is 0.354. The molecule has 1 N–H and O–H groups in total. The van der Waals surface area contributed by atoms with E-state index in [-0.39, 0.29) is 5.73 Å². The van der Waals surface area contributed by atoms with Gasteiger partial charge in [-0.25, -0.2) is 0 Å². The fraction of sp³-hybridized carbons (Fsp3) is 1.00. The van der Waals surface area contributed by atoms with Crippen molar-refractivity contribution in [3.63, 3.8) is 0 Å². The van der Waals surface area contributed by atoms with Crippen LogP contribution in [0, 0.1) is 0 Å². The number of rotatable bonds is 3. The van der Waals surface area contributed by atoms with Crippen molar-refractivity contribution in [2.24, 2.45) is 0 Å². The van der Waals surface area contributed by atoms with Crippen molar-refractivity contribution in [1.29, 1.82) is 0 Å². The van der Waals surface area contributed by atoms with Gasteiger partial charge in [-0.3, -0.25) is 0 Å². The van der Waals surface area contributed by atoms with E-state index in [1.165, 1.54) is 0 Å². The lowest BCUT2D eigenvalue weighted by molar-refractivity contribution is 0.236. The summed E-state index contributed by atoms with van der Waals surface area (Å²) in [5.41, 5.74) is -0.0995. The second-order valence-electron chi connectivity index (χ2n) is 1.52. The average molecular weight is 136 g/mol. The summed E-state index contributed by atoms with van der Waals surface area (Å²) in [6.45, 7) is 1.97. The number of hydrogen-bond acceptors (Lipinski definition) is 2. The normalized spacial score (nSPS) is 16.3. The molecule has 0 radical (unpaired) electrons. The molecule has 0 aliphatic carbocycles. The van der Waals surface area contributed by atoms with Crippen molar-refractivity contribution >= 4 is 20.2 Å². The van der Waals surface area contributed by atoms with Crippen molar-refractivity contribution in [3.8, 4) is 0 Å². The fourth-order valence-electron chi connectivity index (χ4n) is 0.310. The van der Waals surface area contributed by atoms with Gasteiger partial charge in [-0.05, 0) is 6.42 Å². The first-order valence-electron chi connectivity index (χ1n) is 2.48. The molecule has 0 saturated carbocycles. The maximum atomic E-state index is 8.82. The Morgan fingerprint density at radius 2 is 2.57 bits per heavy atom. The van der Waals surface area contributed by atoms with Gasteiger partial charge >= 0.3 is 0 Å². The molecule has 0 saturated heterocycles. The summed E-state index contributed by atoms with van der Waals surface area (Å²) >= 11 is 0.